The molecule has 12 nitrogen and oxygen atoms in total. The van der Waals surface area contributed by atoms with E-state index < -0.39 is 11.5 Å². The van der Waals surface area contributed by atoms with Gasteiger partial charge in [-0.2, -0.15) is 5.10 Å². The molecule has 33 heavy (non-hydrogen) atoms. The Morgan fingerprint density at radius 2 is 2.12 bits per heavy atom. The Kier molecular flexibility index (Phi) is 5.90. The van der Waals surface area contributed by atoms with E-state index in [9.17, 15) is 9.59 Å². The van der Waals surface area contributed by atoms with Crippen LogP contribution in [0.4, 0.5) is 5.69 Å². The highest BCUT2D eigenvalue weighted by atomic mass is 16.3. The second-order valence-corrected chi connectivity index (χ2v) is 7.96. The molecule has 1 aromatic carbocycles. The van der Waals surface area contributed by atoms with Crippen molar-refractivity contribution in [2.24, 2.45) is 7.05 Å². The zero-order valence-electron chi connectivity index (χ0n) is 18.2. The third-order valence-corrected chi connectivity index (χ3v) is 6.20. The first-order chi connectivity index (χ1) is 15.9. The molecule has 2 atom stereocenters. The lowest BCUT2D eigenvalue weighted by Gasteiger charge is -2.33. The number of amides is 2. The molecule has 1 spiro atoms. The maximum Gasteiger partial charge on any atom is 0.290 e. The van der Waals surface area contributed by atoms with E-state index in [2.05, 4.69) is 25.9 Å². The van der Waals surface area contributed by atoms with Crippen molar-refractivity contribution in [2.75, 3.05) is 11.9 Å². The lowest BCUT2D eigenvalue weighted by molar-refractivity contribution is -0.134. The van der Waals surface area contributed by atoms with Gasteiger partial charge in [0, 0.05) is 37.5 Å². The number of para-hydroxylation sites is 1. The standard InChI is InChI=1S/C20H22N8O2.CH2O2/c1-13-23-24-25-28(13)9-7-17(29)27-10-8-20(18(27)14-11-21-26(2)12-14)15-5-3-4-6-16(15)22-19(20)30;2-1-3/h3-6,11-12,18H,7-10H2,1-2H3,(H,22,30);1H,(H,2,3)/t18-,20+;/m0./s1. The van der Waals surface area contributed by atoms with E-state index in [4.69, 9.17) is 9.90 Å². The first-order valence-corrected chi connectivity index (χ1v) is 10.4. The van der Waals surface area contributed by atoms with Crippen molar-refractivity contribution in [1.82, 2.24) is 34.9 Å². The molecule has 0 bridgehead atoms. The fourth-order valence-corrected chi connectivity index (χ4v) is 4.80. The molecular weight excluding hydrogens is 428 g/mol. The van der Waals surface area contributed by atoms with Crippen molar-refractivity contribution in [2.45, 2.75) is 37.8 Å². The van der Waals surface area contributed by atoms with Crippen LogP contribution in [0.2, 0.25) is 0 Å². The number of carbonyl (C=O) groups excluding carboxylic acids is 2. The Balaban J connectivity index is 0.000000821. The highest BCUT2D eigenvalue weighted by Crippen LogP contribution is 2.54. The number of anilines is 1. The molecule has 2 amide bonds. The van der Waals surface area contributed by atoms with Crippen LogP contribution >= 0.6 is 0 Å². The number of tetrazole rings is 1. The fourth-order valence-electron chi connectivity index (χ4n) is 4.80. The first kappa shape index (κ1) is 22.1. The average molecular weight is 452 g/mol. The maximum atomic E-state index is 13.3. The van der Waals surface area contributed by atoms with Crippen molar-refractivity contribution in [3.8, 4) is 0 Å². The number of carboxylic acid groups (broad SMARTS) is 1. The highest BCUT2D eigenvalue weighted by Gasteiger charge is 2.59. The minimum Gasteiger partial charge on any atom is -0.483 e. The number of nitrogens with one attached hydrogen (secondary N) is 1. The van der Waals surface area contributed by atoms with Gasteiger partial charge in [-0.15, -0.1) is 5.10 Å². The molecule has 3 aromatic rings. The van der Waals surface area contributed by atoms with Crippen molar-refractivity contribution in [3.05, 3.63) is 53.6 Å². The lowest BCUT2D eigenvalue weighted by Crippen LogP contribution is -2.42. The summed E-state index contributed by atoms with van der Waals surface area (Å²) in [4.78, 5) is 36.8. The minimum atomic E-state index is -0.819. The normalized spacial score (nSPS) is 20.8. The molecule has 0 aliphatic carbocycles. The van der Waals surface area contributed by atoms with E-state index in [0.717, 1.165) is 16.8 Å². The Bertz CT molecular complexity index is 1190. The number of rotatable bonds is 4. The molecule has 2 aliphatic rings. The number of aromatic nitrogens is 6. The second kappa shape index (κ2) is 8.81. The molecule has 2 aromatic heterocycles. The van der Waals surface area contributed by atoms with E-state index in [-0.39, 0.29) is 24.7 Å². The molecule has 5 rings (SSSR count). The largest absolute Gasteiger partial charge is 0.483 e. The topological polar surface area (TPSA) is 148 Å². The quantitative estimate of drug-likeness (QED) is 0.549. The van der Waals surface area contributed by atoms with Crippen LogP contribution in [0.15, 0.2) is 36.7 Å². The van der Waals surface area contributed by atoms with Crippen molar-refractivity contribution < 1.29 is 19.5 Å². The van der Waals surface area contributed by atoms with Crippen LogP contribution in [-0.4, -0.2) is 64.8 Å². The smallest absolute Gasteiger partial charge is 0.290 e. The van der Waals surface area contributed by atoms with Gasteiger partial charge in [-0.3, -0.25) is 19.1 Å². The zero-order chi connectivity index (χ0) is 23.6. The molecule has 0 saturated carbocycles. The van der Waals surface area contributed by atoms with Crippen molar-refractivity contribution in [1.29, 1.82) is 0 Å². The number of aryl methyl sites for hydroxylation is 3. The number of hydrogen-bond donors (Lipinski definition) is 2. The number of benzene rings is 1. The Morgan fingerprint density at radius 1 is 1.36 bits per heavy atom. The van der Waals surface area contributed by atoms with Gasteiger partial charge in [0.1, 0.15) is 11.2 Å². The molecule has 0 unspecified atom stereocenters. The molecule has 4 heterocycles. The molecule has 2 aliphatic heterocycles. The predicted octanol–water partition coefficient (Wildman–Crippen LogP) is 0.670. The van der Waals surface area contributed by atoms with Crippen LogP contribution < -0.4 is 5.32 Å². The van der Waals surface area contributed by atoms with Gasteiger partial charge < -0.3 is 15.3 Å². The van der Waals surface area contributed by atoms with Crippen LogP contribution in [0, 0.1) is 6.92 Å². The van der Waals surface area contributed by atoms with E-state index >= 15 is 0 Å². The van der Waals surface area contributed by atoms with Gasteiger partial charge in [-0.1, -0.05) is 18.2 Å². The van der Waals surface area contributed by atoms with Gasteiger partial charge in [-0.25, -0.2) is 4.68 Å². The Morgan fingerprint density at radius 3 is 2.79 bits per heavy atom. The van der Waals surface area contributed by atoms with Crippen LogP contribution in [0.3, 0.4) is 0 Å². The van der Waals surface area contributed by atoms with Crippen molar-refractivity contribution >= 4 is 24.0 Å². The molecule has 172 valence electrons. The number of likely N-dealkylation sites (tertiary alicyclic amines) is 1. The third kappa shape index (κ3) is 3.73. The Hall–Kier alpha value is -4.09. The number of carbonyl (C=O) groups is 3. The van der Waals surface area contributed by atoms with Crippen LogP contribution in [0.1, 0.15) is 35.8 Å². The van der Waals surface area contributed by atoms with Gasteiger partial charge in [0.15, 0.2) is 0 Å². The number of nitrogens with zero attached hydrogens (tertiary/aromatic N) is 7. The summed E-state index contributed by atoms with van der Waals surface area (Å²) in [6.07, 6.45) is 4.45. The maximum absolute atomic E-state index is 13.3. The van der Waals surface area contributed by atoms with Gasteiger partial charge in [0.25, 0.3) is 6.47 Å². The van der Waals surface area contributed by atoms with E-state index in [1.165, 1.54) is 0 Å². The van der Waals surface area contributed by atoms with Gasteiger partial charge in [0.05, 0.1) is 18.8 Å². The number of hydrogen-bond acceptors (Lipinski definition) is 7. The van der Waals surface area contributed by atoms with Crippen LogP contribution in [0.25, 0.3) is 0 Å². The monoisotopic (exact) mass is 452 g/mol. The molecular formula is C21H24N8O4. The van der Waals surface area contributed by atoms with E-state index in [1.54, 1.807) is 22.5 Å². The first-order valence-electron chi connectivity index (χ1n) is 10.4. The summed E-state index contributed by atoms with van der Waals surface area (Å²) in [5, 5.41) is 25.6. The molecule has 1 fully saturated rings. The summed E-state index contributed by atoms with van der Waals surface area (Å²) >= 11 is 0. The van der Waals surface area contributed by atoms with Gasteiger partial charge in [0.2, 0.25) is 11.8 Å². The molecule has 0 radical (unpaired) electrons. The summed E-state index contributed by atoms with van der Waals surface area (Å²) in [5.41, 5.74) is 1.79. The summed E-state index contributed by atoms with van der Waals surface area (Å²) in [6.45, 7) is 2.44. The average Bonchev–Trinajstić information content (AvgIpc) is 3.55. The van der Waals surface area contributed by atoms with Crippen LogP contribution in [-0.2, 0) is 33.4 Å². The summed E-state index contributed by atoms with van der Waals surface area (Å²) in [6, 6.07) is 7.31. The fraction of sp³-hybridized carbons (Fsp3) is 0.381. The highest BCUT2D eigenvalue weighted by molar-refractivity contribution is 6.07. The third-order valence-electron chi connectivity index (χ3n) is 6.20. The number of fused-ring (bicyclic) bond motifs is 2. The van der Waals surface area contributed by atoms with E-state index in [0.29, 0.717) is 25.3 Å². The SMILES string of the molecule is Cc1nnnn1CCC(=O)N1CC[C@]2(C(=O)Nc3ccccc32)[C@@H]1c1cnn(C)c1.O=CO. The summed E-state index contributed by atoms with van der Waals surface area (Å²) < 4.78 is 3.31. The van der Waals surface area contributed by atoms with Crippen molar-refractivity contribution in [3.63, 3.8) is 0 Å². The van der Waals surface area contributed by atoms with E-state index in [1.807, 2.05) is 42.4 Å². The summed E-state index contributed by atoms with van der Waals surface area (Å²) in [5.74, 6) is 0.561. The Labute approximate surface area is 189 Å². The van der Waals surface area contributed by atoms with Crippen LogP contribution in [0.5, 0.6) is 0 Å². The van der Waals surface area contributed by atoms with Gasteiger partial charge >= 0.3 is 0 Å². The summed E-state index contributed by atoms with van der Waals surface area (Å²) in [7, 11) is 1.83. The van der Waals surface area contributed by atoms with Gasteiger partial charge in [-0.05, 0) is 35.4 Å². The molecule has 2 N–H and O–H groups in total. The molecule has 12 heteroatoms. The molecule has 1 saturated heterocycles. The predicted molar refractivity (Wildman–Crippen MR) is 115 cm³/mol. The minimum absolute atomic E-state index is 0.0344. The lowest BCUT2D eigenvalue weighted by atomic mass is 9.73. The second-order valence-electron chi connectivity index (χ2n) is 7.96. The zero-order valence-corrected chi connectivity index (χ0v) is 18.2.